The van der Waals surface area contributed by atoms with Crippen molar-refractivity contribution in [3.8, 4) is 0 Å². The summed E-state index contributed by atoms with van der Waals surface area (Å²) in [5.41, 5.74) is 5.68. The first kappa shape index (κ1) is 10.7. The van der Waals surface area contributed by atoms with E-state index in [9.17, 15) is 0 Å². The smallest absolute Gasteiger partial charge is 0.0941 e. The molecule has 0 saturated heterocycles. The van der Waals surface area contributed by atoms with E-state index in [2.05, 4.69) is 39.3 Å². The lowest BCUT2D eigenvalue weighted by molar-refractivity contribution is 0.959. The van der Waals surface area contributed by atoms with E-state index in [0.717, 1.165) is 23.1 Å². The molecular weight excluding hydrogens is 248 g/mol. The zero-order chi connectivity index (χ0) is 9.68. The summed E-state index contributed by atoms with van der Waals surface area (Å²) in [5, 5.41) is 2.06. The lowest BCUT2D eigenvalue weighted by Gasteiger charge is -1.96. The van der Waals surface area contributed by atoms with Gasteiger partial charge in [0.1, 0.15) is 0 Å². The van der Waals surface area contributed by atoms with Crippen LogP contribution in [0.25, 0.3) is 0 Å². The second-order valence-electron chi connectivity index (χ2n) is 2.79. The highest BCUT2D eigenvalue weighted by Crippen LogP contribution is 2.20. The largest absolute Gasteiger partial charge is 0.387 e. The van der Waals surface area contributed by atoms with E-state index >= 15 is 0 Å². The van der Waals surface area contributed by atoms with Crippen molar-refractivity contribution in [3.63, 3.8) is 0 Å². The molecule has 13 heavy (non-hydrogen) atoms. The highest BCUT2D eigenvalue weighted by atomic mass is 79.9. The lowest BCUT2D eigenvalue weighted by Crippen LogP contribution is -2.10. The van der Waals surface area contributed by atoms with Gasteiger partial charge in [0.25, 0.3) is 0 Å². The Balaban J connectivity index is 2.46. The molecule has 0 aliphatic heterocycles. The van der Waals surface area contributed by atoms with Crippen molar-refractivity contribution >= 4 is 33.1 Å². The molecule has 1 aromatic rings. The van der Waals surface area contributed by atoms with E-state index in [1.807, 2.05) is 0 Å². The Hall–Kier alpha value is -0.350. The summed E-state index contributed by atoms with van der Waals surface area (Å²) < 4.78 is 1.12. The topological polar surface area (TPSA) is 38.4 Å². The Bertz CT molecular complexity index is 294. The third kappa shape index (κ3) is 3.91. The van der Waals surface area contributed by atoms with E-state index in [4.69, 9.17) is 5.73 Å². The average molecular weight is 261 g/mol. The lowest BCUT2D eigenvalue weighted by atomic mass is 10.3. The molecule has 2 N–H and O–H groups in total. The van der Waals surface area contributed by atoms with Crippen LogP contribution in [0.3, 0.4) is 0 Å². The van der Waals surface area contributed by atoms with Gasteiger partial charge >= 0.3 is 0 Å². The predicted octanol–water partition coefficient (Wildman–Crippen LogP) is 3.17. The molecule has 4 heteroatoms. The minimum atomic E-state index is 0.710. The van der Waals surface area contributed by atoms with Crippen LogP contribution >= 0.6 is 27.3 Å². The summed E-state index contributed by atoms with van der Waals surface area (Å²) in [5.74, 6) is 0.757. The maximum Gasteiger partial charge on any atom is 0.0941 e. The molecule has 0 bridgehead atoms. The number of thiophene rings is 1. The van der Waals surface area contributed by atoms with Crippen molar-refractivity contribution in [2.45, 2.75) is 26.3 Å². The van der Waals surface area contributed by atoms with E-state index in [0.29, 0.717) is 6.54 Å². The number of nitrogens with zero attached hydrogens (tertiary/aromatic N) is 1. The molecule has 1 aromatic heterocycles. The van der Waals surface area contributed by atoms with Gasteiger partial charge in [0, 0.05) is 21.2 Å². The number of amidine groups is 1. The van der Waals surface area contributed by atoms with Crippen molar-refractivity contribution < 1.29 is 0 Å². The minimum absolute atomic E-state index is 0.710. The third-order valence-electron chi connectivity index (χ3n) is 1.57. The van der Waals surface area contributed by atoms with E-state index in [-0.39, 0.29) is 0 Å². The third-order valence-corrected chi connectivity index (χ3v) is 3.25. The molecule has 0 radical (unpaired) electrons. The highest BCUT2D eigenvalue weighted by Gasteiger charge is 1.96. The first-order valence-corrected chi connectivity index (χ1v) is 5.91. The van der Waals surface area contributed by atoms with Crippen molar-refractivity contribution in [2.75, 3.05) is 0 Å². The standard InChI is InChI=1S/C9H13BrN2S/c1-2-3-9(11)12-5-8-4-7(10)6-13-8/h4,6H,2-3,5H2,1H3,(H2,11,12). The van der Waals surface area contributed by atoms with Crippen LogP contribution in [-0.2, 0) is 6.54 Å². The average Bonchev–Trinajstić information content (AvgIpc) is 2.49. The Morgan fingerprint density at radius 2 is 2.46 bits per heavy atom. The molecule has 72 valence electrons. The van der Waals surface area contributed by atoms with Gasteiger partial charge in [0.05, 0.1) is 12.4 Å². The first-order valence-electron chi connectivity index (χ1n) is 4.24. The molecule has 0 aliphatic carbocycles. The van der Waals surface area contributed by atoms with Crippen LogP contribution in [0, 0.1) is 0 Å². The number of hydrogen-bond acceptors (Lipinski definition) is 2. The molecule has 0 aromatic carbocycles. The maximum atomic E-state index is 5.68. The number of rotatable bonds is 4. The van der Waals surface area contributed by atoms with Gasteiger partial charge in [-0.05, 0) is 28.4 Å². The van der Waals surface area contributed by atoms with Gasteiger partial charge in [0.2, 0.25) is 0 Å². The maximum absolute atomic E-state index is 5.68. The van der Waals surface area contributed by atoms with E-state index in [1.165, 1.54) is 4.88 Å². The summed E-state index contributed by atoms with van der Waals surface area (Å²) >= 11 is 5.10. The Labute approximate surface area is 91.0 Å². The summed E-state index contributed by atoms with van der Waals surface area (Å²) in [4.78, 5) is 5.52. The first-order chi connectivity index (χ1) is 6.22. The highest BCUT2D eigenvalue weighted by molar-refractivity contribution is 9.10. The monoisotopic (exact) mass is 260 g/mol. The molecule has 0 unspecified atom stereocenters. The summed E-state index contributed by atoms with van der Waals surface area (Å²) in [6.07, 6.45) is 1.95. The quantitative estimate of drug-likeness (QED) is 0.656. The van der Waals surface area contributed by atoms with Gasteiger partial charge < -0.3 is 5.73 Å². The molecular formula is C9H13BrN2S. The molecule has 2 nitrogen and oxygen atoms in total. The Morgan fingerprint density at radius 1 is 1.69 bits per heavy atom. The second-order valence-corrected chi connectivity index (χ2v) is 4.70. The number of halogens is 1. The van der Waals surface area contributed by atoms with Crippen LogP contribution in [0.4, 0.5) is 0 Å². The molecule has 0 saturated carbocycles. The predicted molar refractivity (Wildman–Crippen MR) is 62.3 cm³/mol. The van der Waals surface area contributed by atoms with Crippen LogP contribution in [0.5, 0.6) is 0 Å². The molecule has 0 atom stereocenters. The van der Waals surface area contributed by atoms with Gasteiger partial charge in [-0.1, -0.05) is 6.92 Å². The summed E-state index contributed by atoms with van der Waals surface area (Å²) in [6.45, 7) is 2.81. The summed E-state index contributed by atoms with van der Waals surface area (Å²) in [7, 11) is 0. The minimum Gasteiger partial charge on any atom is -0.387 e. The van der Waals surface area contributed by atoms with Crippen molar-refractivity contribution in [3.05, 3.63) is 20.8 Å². The van der Waals surface area contributed by atoms with Gasteiger partial charge in [-0.15, -0.1) is 11.3 Å². The zero-order valence-electron chi connectivity index (χ0n) is 7.59. The van der Waals surface area contributed by atoms with E-state index < -0.39 is 0 Å². The van der Waals surface area contributed by atoms with Crippen LogP contribution in [0.1, 0.15) is 24.6 Å². The fraction of sp³-hybridized carbons (Fsp3) is 0.444. The number of nitrogens with two attached hydrogens (primary N) is 1. The molecule has 1 heterocycles. The normalized spacial score (nSPS) is 12.0. The van der Waals surface area contributed by atoms with E-state index in [1.54, 1.807) is 11.3 Å². The van der Waals surface area contributed by atoms with Crippen LogP contribution in [0.2, 0.25) is 0 Å². The number of aliphatic imine (C=N–C) groups is 1. The number of hydrogen-bond donors (Lipinski definition) is 1. The molecule has 0 fully saturated rings. The molecule has 0 spiro atoms. The summed E-state index contributed by atoms with van der Waals surface area (Å²) in [6, 6.07) is 2.08. The van der Waals surface area contributed by atoms with Crippen molar-refractivity contribution in [2.24, 2.45) is 10.7 Å². The zero-order valence-corrected chi connectivity index (χ0v) is 9.99. The Morgan fingerprint density at radius 3 is 3.00 bits per heavy atom. The van der Waals surface area contributed by atoms with Crippen LogP contribution in [-0.4, -0.2) is 5.84 Å². The second kappa shape index (κ2) is 5.40. The van der Waals surface area contributed by atoms with Crippen molar-refractivity contribution in [1.29, 1.82) is 0 Å². The van der Waals surface area contributed by atoms with Gasteiger partial charge in [-0.25, -0.2) is 0 Å². The SMILES string of the molecule is CCCC(N)=NCc1cc(Br)cs1. The van der Waals surface area contributed by atoms with Gasteiger partial charge in [-0.2, -0.15) is 0 Å². The molecule has 0 aliphatic rings. The van der Waals surface area contributed by atoms with Gasteiger partial charge in [-0.3, -0.25) is 4.99 Å². The Kier molecular flexibility index (Phi) is 4.45. The molecule has 1 rings (SSSR count). The van der Waals surface area contributed by atoms with Crippen molar-refractivity contribution in [1.82, 2.24) is 0 Å². The van der Waals surface area contributed by atoms with Crippen LogP contribution in [0.15, 0.2) is 20.9 Å². The molecule has 0 amide bonds. The van der Waals surface area contributed by atoms with Gasteiger partial charge in [0.15, 0.2) is 0 Å². The fourth-order valence-corrected chi connectivity index (χ4v) is 2.33. The van der Waals surface area contributed by atoms with Crippen LogP contribution < -0.4 is 5.73 Å². The fourth-order valence-electron chi connectivity index (χ4n) is 0.951.